The van der Waals surface area contributed by atoms with E-state index in [0.29, 0.717) is 17.9 Å². The van der Waals surface area contributed by atoms with E-state index in [-0.39, 0.29) is 35.6 Å². The lowest BCUT2D eigenvalue weighted by atomic mass is 10.0. The molecular weight excluding hydrogens is 614 g/mol. The average molecular weight is 658 g/mol. The van der Waals surface area contributed by atoms with E-state index in [9.17, 15) is 18.0 Å². The van der Waals surface area contributed by atoms with Gasteiger partial charge in [-0.2, -0.15) is 0 Å². The summed E-state index contributed by atoms with van der Waals surface area (Å²) >= 11 is 0. The average Bonchev–Trinajstić information content (AvgIpc) is 3.09. The SMILES string of the molecule is CC[C@H](C)NC(=O)[C@H](Cc1ccccc1)N(Cc1ccccc1C)C(=O)CN(c1ccccc1)S(=O)(=O)c1ccc(OC)c(OC)c1. The second kappa shape index (κ2) is 16.1. The van der Waals surface area contributed by atoms with Gasteiger partial charge in [-0.25, -0.2) is 8.42 Å². The van der Waals surface area contributed by atoms with E-state index in [1.165, 1.54) is 37.3 Å². The topological polar surface area (TPSA) is 105 Å². The number of amides is 2. The number of nitrogens with one attached hydrogen (secondary N) is 1. The highest BCUT2D eigenvalue weighted by Crippen LogP contribution is 2.32. The van der Waals surface area contributed by atoms with Crippen molar-refractivity contribution in [3.8, 4) is 11.5 Å². The van der Waals surface area contributed by atoms with Crippen LogP contribution in [0.2, 0.25) is 0 Å². The molecule has 0 aliphatic heterocycles. The Balaban J connectivity index is 1.82. The number of benzene rings is 4. The number of nitrogens with zero attached hydrogens (tertiary/aromatic N) is 2. The predicted octanol–water partition coefficient (Wildman–Crippen LogP) is 5.76. The van der Waals surface area contributed by atoms with Crippen molar-refractivity contribution in [3.63, 3.8) is 0 Å². The molecule has 0 aromatic heterocycles. The third kappa shape index (κ3) is 8.71. The van der Waals surface area contributed by atoms with E-state index < -0.39 is 28.5 Å². The lowest BCUT2D eigenvalue weighted by Crippen LogP contribution is -2.54. The minimum absolute atomic E-state index is 0.0763. The summed E-state index contributed by atoms with van der Waals surface area (Å²) < 4.78 is 40.4. The fourth-order valence-electron chi connectivity index (χ4n) is 5.19. The molecule has 0 bridgehead atoms. The highest BCUT2D eigenvalue weighted by molar-refractivity contribution is 7.92. The van der Waals surface area contributed by atoms with Gasteiger partial charge in [0, 0.05) is 25.1 Å². The van der Waals surface area contributed by atoms with E-state index in [2.05, 4.69) is 5.32 Å². The Bertz CT molecular complexity index is 1750. The second-order valence-electron chi connectivity index (χ2n) is 11.3. The largest absolute Gasteiger partial charge is 0.493 e. The summed E-state index contributed by atoms with van der Waals surface area (Å²) in [4.78, 5) is 30.0. The molecule has 0 heterocycles. The molecule has 0 saturated carbocycles. The molecule has 4 rings (SSSR count). The third-order valence-corrected chi connectivity index (χ3v) is 9.91. The number of methoxy groups -OCH3 is 2. The van der Waals surface area contributed by atoms with Crippen LogP contribution in [-0.4, -0.2) is 58.0 Å². The highest BCUT2D eigenvalue weighted by atomic mass is 32.2. The van der Waals surface area contributed by atoms with Gasteiger partial charge < -0.3 is 19.7 Å². The molecule has 0 aliphatic rings. The van der Waals surface area contributed by atoms with Crippen LogP contribution in [0, 0.1) is 6.92 Å². The number of para-hydroxylation sites is 1. The van der Waals surface area contributed by atoms with Gasteiger partial charge in [-0.05, 0) is 61.2 Å². The zero-order valence-corrected chi connectivity index (χ0v) is 28.4. The van der Waals surface area contributed by atoms with Crippen LogP contribution in [-0.2, 0) is 32.6 Å². The third-order valence-electron chi connectivity index (χ3n) is 8.14. The van der Waals surface area contributed by atoms with Gasteiger partial charge in [0.05, 0.1) is 24.8 Å². The smallest absolute Gasteiger partial charge is 0.264 e. The molecule has 248 valence electrons. The van der Waals surface area contributed by atoms with Gasteiger partial charge in [-0.15, -0.1) is 0 Å². The summed E-state index contributed by atoms with van der Waals surface area (Å²) in [7, 11) is -1.41. The molecule has 2 atom stereocenters. The summed E-state index contributed by atoms with van der Waals surface area (Å²) in [6.45, 7) is 5.40. The molecule has 0 aliphatic carbocycles. The van der Waals surface area contributed by atoms with E-state index in [1.807, 2.05) is 75.4 Å². The van der Waals surface area contributed by atoms with Gasteiger partial charge in [0.15, 0.2) is 11.5 Å². The van der Waals surface area contributed by atoms with Crippen molar-refractivity contribution < 1.29 is 27.5 Å². The fourth-order valence-corrected chi connectivity index (χ4v) is 6.62. The Labute approximate surface area is 278 Å². The molecule has 0 radical (unpaired) electrons. The van der Waals surface area contributed by atoms with E-state index in [4.69, 9.17) is 9.47 Å². The first-order chi connectivity index (χ1) is 22.6. The van der Waals surface area contributed by atoms with E-state index in [1.54, 1.807) is 30.3 Å². The molecule has 0 saturated heterocycles. The first-order valence-corrected chi connectivity index (χ1v) is 17.0. The lowest BCUT2D eigenvalue weighted by molar-refractivity contribution is -0.140. The Morgan fingerprint density at radius 3 is 2.06 bits per heavy atom. The van der Waals surface area contributed by atoms with Gasteiger partial charge in [0.25, 0.3) is 10.0 Å². The number of hydrogen-bond acceptors (Lipinski definition) is 6. The van der Waals surface area contributed by atoms with Crippen molar-refractivity contribution in [2.24, 2.45) is 0 Å². The Hall–Kier alpha value is -4.83. The van der Waals surface area contributed by atoms with Crippen molar-refractivity contribution in [3.05, 3.63) is 120 Å². The van der Waals surface area contributed by atoms with E-state index >= 15 is 0 Å². The number of sulfonamides is 1. The summed E-state index contributed by atoms with van der Waals surface area (Å²) in [6.07, 6.45) is 0.954. The number of rotatable bonds is 15. The van der Waals surface area contributed by atoms with E-state index in [0.717, 1.165) is 21.0 Å². The molecule has 47 heavy (non-hydrogen) atoms. The van der Waals surface area contributed by atoms with Crippen molar-refractivity contribution in [1.29, 1.82) is 0 Å². The molecule has 4 aromatic carbocycles. The number of aryl methyl sites for hydroxylation is 1. The quantitative estimate of drug-likeness (QED) is 0.174. The number of anilines is 1. The van der Waals surface area contributed by atoms with Crippen LogP contribution < -0.4 is 19.1 Å². The van der Waals surface area contributed by atoms with Gasteiger partial charge in [-0.1, -0.05) is 79.7 Å². The van der Waals surface area contributed by atoms with Crippen molar-refractivity contribution in [1.82, 2.24) is 10.2 Å². The summed E-state index contributed by atoms with van der Waals surface area (Å²) in [6, 6.07) is 28.9. The molecular formula is C37H43N3O6S. The zero-order chi connectivity index (χ0) is 34.0. The standard InChI is InChI=1S/C37H43N3O6S/c1-6-28(3)38-37(42)33(23-29-16-9-7-10-17-29)39(25-30-18-14-13-15-27(30)2)36(41)26-40(31-19-11-8-12-20-31)47(43,44)32-21-22-34(45-4)35(24-32)46-5/h7-22,24,28,33H,6,23,25-26H2,1-5H3,(H,38,42)/t28-,33-/m0/s1. The first-order valence-electron chi connectivity index (χ1n) is 15.6. The normalized spacial score (nSPS) is 12.4. The minimum atomic E-state index is -4.30. The van der Waals surface area contributed by atoms with Gasteiger partial charge in [0.1, 0.15) is 12.6 Å². The van der Waals surface area contributed by atoms with Crippen molar-refractivity contribution in [2.45, 2.75) is 57.1 Å². The minimum Gasteiger partial charge on any atom is -0.493 e. The fraction of sp³-hybridized carbons (Fsp3) is 0.297. The van der Waals surface area contributed by atoms with Gasteiger partial charge in [-0.3, -0.25) is 13.9 Å². The number of ether oxygens (including phenoxy) is 2. The molecule has 10 heteroatoms. The zero-order valence-electron chi connectivity index (χ0n) is 27.6. The number of carbonyl (C=O) groups is 2. The molecule has 2 amide bonds. The summed E-state index contributed by atoms with van der Waals surface area (Å²) in [5.74, 6) is -0.228. The van der Waals surface area contributed by atoms with Crippen LogP contribution in [0.15, 0.2) is 108 Å². The summed E-state index contributed by atoms with van der Waals surface area (Å²) in [5, 5.41) is 3.06. The maximum atomic E-state index is 14.6. The van der Waals surface area contributed by atoms with Crippen LogP contribution in [0.4, 0.5) is 5.69 Å². The molecule has 0 fully saturated rings. The van der Waals surface area contributed by atoms with Gasteiger partial charge >= 0.3 is 0 Å². The maximum absolute atomic E-state index is 14.6. The molecule has 9 nitrogen and oxygen atoms in total. The Kier molecular flexibility index (Phi) is 12.0. The number of hydrogen-bond donors (Lipinski definition) is 1. The van der Waals surface area contributed by atoms with Crippen molar-refractivity contribution >= 4 is 27.5 Å². The van der Waals surface area contributed by atoms with Crippen LogP contribution in [0.5, 0.6) is 11.5 Å². The Morgan fingerprint density at radius 1 is 0.830 bits per heavy atom. The highest BCUT2D eigenvalue weighted by Gasteiger charge is 2.35. The summed E-state index contributed by atoms with van der Waals surface area (Å²) in [5.41, 5.74) is 2.97. The first kappa shape index (κ1) is 35.0. The molecule has 0 unspecified atom stereocenters. The maximum Gasteiger partial charge on any atom is 0.264 e. The second-order valence-corrected chi connectivity index (χ2v) is 13.2. The monoisotopic (exact) mass is 657 g/mol. The molecule has 0 spiro atoms. The van der Waals surface area contributed by atoms with Crippen LogP contribution in [0.1, 0.15) is 37.0 Å². The van der Waals surface area contributed by atoms with Gasteiger partial charge in [0.2, 0.25) is 11.8 Å². The Morgan fingerprint density at radius 2 is 1.45 bits per heavy atom. The molecule has 1 N–H and O–H groups in total. The van der Waals surface area contributed by atoms with Crippen molar-refractivity contribution in [2.75, 3.05) is 25.1 Å². The van der Waals surface area contributed by atoms with Crippen LogP contribution in [0.3, 0.4) is 0 Å². The molecule has 4 aromatic rings. The predicted molar refractivity (Wildman–Crippen MR) is 184 cm³/mol. The van der Waals surface area contributed by atoms with Crippen LogP contribution >= 0.6 is 0 Å². The van der Waals surface area contributed by atoms with Crippen LogP contribution in [0.25, 0.3) is 0 Å². The number of carbonyl (C=O) groups excluding carboxylic acids is 2. The lowest BCUT2D eigenvalue weighted by Gasteiger charge is -2.34.